The molecule has 2 heterocycles. The van der Waals surface area contributed by atoms with Crippen LogP contribution in [-0.2, 0) is 6.42 Å². The fraction of sp³-hybridized carbons (Fsp3) is 0.647. The molecule has 1 saturated heterocycles. The molecule has 1 aromatic carbocycles. The first kappa shape index (κ1) is 13.7. The van der Waals surface area contributed by atoms with Gasteiger partial charge in [-0.15, -0.1) is 0 Å². The second-order valence-corrected chi connectivity index (χ2v) is 6.52. The molecular formula is C17H27N3. The Hall–Kier alpha value is -1.22. The number of nitrogens with one attached hydrogen (secondary N) is 1. The molecule has 1 fully saturated rings. The highest BCUT2D eigenvalue weighted by Crippen LogP contribution is 2.33. The van der Waals surface area contributed by atoms with E-state index in [1.54, 1.807) is 0 Å². The van der Waals surface area contributed by atoms with Crippen LogP contribution >= 0.6 is 0 Å². The van der Waals surface area contributed by atoms with Gasteiger partial charge < -0.3 is 10.2 Å². The Balaban J connectivity index is 1.69. The topological polar surface area (TPSA) is 18.5 Å². The Labute approximate surface area is 123 Å². The average Bonchev–Trinajstić information content (AvgIpc) is 2.47. The highest BCUT2D eigenvalue weighted by Gasteiger charge is 2.21. The third kappa shape index (κ3) is 2.93. The molecule has 1 aromatic rings. The van der Waals surface area contributed by atoms with Gasteiger partial charge >= 0.3 is 0 Å². The largest absolute Gasteiger partial charge is 0.383 e. The summed E-state index contributed by atoms with van der Waals surface area (Å²) in [5.41, 5.74) is 4.32. The first-order chi connectivity index (χ1) is 9.74. The minimum atomic E-state index is 0.771. The lowest BCUT2D eigenvalue weighted by Gasteiger charge is -2.38. The van der Waals surface area contributed by atoms with Crippen LogP contribution in [0.2, 0.25) is 0 Å². The number of rotatable bonds is 3. The van der Waals surface area contributed by atoms with Crippen molar-refractivity contribution < 1.29 is 0 Å². The highest BCUT2D eigenvalue weighted by atomic mass is 15.3. The fourth-order valence-electron chi connectivity index (χ4n) is 3.44. The van der Waals surface area contributed by atoms with Gasteiger partial charge in [-0.25, -0.2) is 0 Å². The number of nitrogens with zero attached hydrogens (tertiary/aromatic N) is 2. The van der Waals surface area contributed by atoms with Crippen LogP contribution in [-0.4, -0.2) is 44.2 Å². The summed E-state index contributed by atoms with van der Waals surface area (Å²) in [6.45, 7) is 11.7. The van der Waals surface area contributed by atoms with Gasteiger partial charge in [0.25, 0.3) is 0 Å². The molecule has 0 amide bonds. The zero-order chi connectivity index (χ0) is 13.9. The second kappa shape index (κ2) is 6.04. The van der Waals surface area contributed by atoms with Crippen molar-refractivity contribution in [3.8, 4) is 0 Å². The lowest BCUT2D eigenvalue weighted by molar-refractivity contribution is 0.231. The van der Waals surface area contributed by atoms with E-state index in [1.165, 1.54) is 49.4 Å². The Bertz CT molecular complexity index is 448. The zero-order valence-corrected chi connectivity index (χ0v) is 12.9. The molecule has 2 aliphatic heterocycles. The number of hydrogen-bond acceptors (Lipinski definition) is 3. The Morgan fingerprint density at radius 2 is 1.95 bits per heavy atom. The minimum absolute atomic E-state index is 0.771. The van der Waals surface area contributed by atoms with Gasteiger partial charge in [-0.3, -0.25) is 4.90 Å². The van der Waals surface area contributed by atoms with Crippen molar-refractivity contribution in [1.82, 2.24) is 4.90 Å². The molecule has 0 spiro atoms. The van der Waals surface area contributed by atoms with E-state index >= 15 is 0 Å². The summed E-state index contributed by atoms with van der Waals surface area (Å²) in [7, 11) is 0. The normalized spacial score (nSPS) is 19.9. The summed E-state index contributed by atoms with van der Waals surface area (Å²) >= 11 is 0. The number of aryl methyl sites for hydroxylation is 1. The summed E-state index contributed by atoms with van der Waals surface area (Å²) in [5.74, 6) is 0.771. The lowest BCUT2D eigenvalue weighted by Crippen LogP contribution is -2.47. The van der Waals surface area contributed by atoms with Gasteiger partial charge in [0.15, 0.2) is 0 Å². The first-order valence-corrected chi connectivity index (χ1v) is 8.07. The summed E-state index contributed by atoms with van der Waals surface area (Å²) in [4.78, 5) is 5.16. The first-order valence-electron chi connectivity index (χ1n) is 8.07. The minimum Gasteiger partial charge on any atom is -0.383 e. The van der Waals surface area contributed by atoms with Crippen LogP contribution in [0.25, 0.3) is 0 Å². The predicted molar refractivity (Wildman–Crippen MR) is 86.7 cm³/mol. The zero-order valence-electron chi connectivity index (χ0n) is 12.9. The summed E-state index contributed by atoms with van der Waals surface area (Å²) in [6, 6.07) is 6.79. The molecule has 110 valence electrons. The monoisotopic (exact) mass is 273 g/mol. The van der Waals surface area contributed by atoms with Crippen molar-refractivity contribution in [2.75, 3.05) is 49.5 Å². The van der Waals surface area contributed by atoms with E-state index in [1.807, 2.05) is 0 Å². The van der Waals surface area contributed by atoms with E-state index in [0.29, 0.717) is 0 Å². The van der Waals surface area contributed by atoms with Crippen molar-refractivity contribution >= 4 is 11.4 Å². The van der Waals surface area contributed by atoms with Crippen molar-refractivity contribution in [2.24, 2.45) is 5.92 Å². The Morgan fingerprint density at radius 3 is 2.70 bits per heavy atom. The van der Waals surface area contributed by atoms with Crippen LogP contribution in [0.3, 0.4) is 0 Å². The van der Waals surface area contributed by atoms with Crippen LogP contribution in [0.4, 0.5) is 11.4 Å². The van der Waals surface area contributed by atoms with Gasteiger partial charge in [-0.2, -0.15) is 0 Å². The van der Waals surface area contributed by atoms with Gasteiger partial charge in [-0.1, -0.05) is 26.0 Å². The molecule has 2 aliphatic rings. The molecule has 3 nitrogen and oxygen atoms in total. The van der Waals surface area contributed by atoms with Gasteiger partial charge in [0.05, 0.1) is 11.4 Å². The van der Waals surface area contributed by atoms with Crippen molar-refractivity contribution in [3.05, 3.63) is 23.8 Å². The van der Waals surface area contributed by atoms with E-state index in [0.717, 1.165) is 25.6 Å². The maximum absolute atomic E-state index is 3.62. The quantitative estimate of drug-likeness (QED) is 0.913. The number of piperazine rings is 1. The summed E-state index contributed by atoms with van der Waals surface area (Å²) < 4.78 is 0. The SMILES string of the molecule is CC(C)CN1CCN(c2cccc3c2NCCC3)CC1. The van der Waals surface area contributed by atoms with Crippen LogP contribution in [0.1, 0.15) is 25.8 Å². The molecule has 0 saturated carbocycles. The molecule has 0 atom stereocenters. The molecular weight excluding hydrogens is 246 g/mol. The second-order valence-electron chi connectivity index (χ2n) is 6.52. The van der Waals surface area contributed by atoms with E-state index in [-0.39, 0.29) is 0 Å². The third-order valence-electron chi connectivity index (χ3n) is 4.39. The number of hydrogen-bond donors (Lipinski definition) is 1. The van der Waals surface area contributed by atoms with E-state index in [9.17, 15) is 0 Å². The molecule has 3 rings (SSSR count). The van der Waals surface area contributed by atoms with Crippen molar-refractivity contribution in [3.63, 3.8) is 0 Å². The molecule has 20 heavy (non-hydrogen) atoms. The number of para-hydroxylation sites is 1. The molecule has 0 aliphatic carbocycles. The molecule has 0 bridgehead atoms. The number of anilines is 2. The maximum atomic E-state index is 3.62. The highest BCUT2D eigenvalue weighted by molar-refractivity contribution is 5.74. The Morgan fingerprint density at radius 1 is 1.15 bits per heavy atom. The van der Waals surface area contributed by atoms with Crippen LogP contribution < -0.4 is 10.2 Å². The van der Waals surface area contributed by atoms with Crippen LogP contribution in [0, 0.1) is 5.92 Å². The number of fused-ring (bicyclic) bond motifs is 1. The van der Waals surface area contributed by atoms with Crippen molar-refractivity contribution in [1.29, 1.82) is 0 Å². The van der Waals surface area contributed by atoms with E-state index in [2.05, 4.69) is 47.2 Å². The van der Waals surface area contributed by atoms with Crippen LogP contribution in [0.15, 0.2) is 18.2 Å². The van der Waals surface area contributed by atoms with Crippen molar-refractivity contribution in [2.45, 2.75) is 26.7 Å². The lowest BCUT2D eigenvalue weighted by atomic mass is 10.0. The molecule has 0 radical (unpaired) electrons. The Kier molecular flexibility index (Phi) is 4.16. The van der Waals surface area contributed by atoms with Gasteiger partial charge in [0, 0.05) is 39.3 Å². The molecule has 3 heteroatoms. The molecule has 1 N–H and O–H groups in total. The molecule has 0 unspecified atom stereocenters. The summed E-state index contributed by atoms with van der Waals surface area (Å²) in [6.07, 6.45) is 2.49. The fourth-order valence-corrected chi connectivity index (χ4v) is 3.44. The smallest absolute Gasteiger partial charge is 0.0610 e. The number of benzene rings is 1. The molecule has 0 aromatic heterocycles. The third-order valence-corrected chi connectivity index (χ3v) is 4.39. The average molecular weight is 273 g/mol. The summed E-state index contributed by atoms with van der Waals surface area (Å²) in [5, 5.41) is 3.62. The standard InChI is InChI=1S/C17H27N3/c1-14(2)13-19-9-11-20(12-10-19)16-7-3-5-15-6-4-8-18-17(15)16/h3,5,7,14,18H,4,6,8-13H2,1-2H3. The maximum Gasteiger partial charge on any atom is 0.0610 e. The predicted octanol–water partition coefficient (Wildman–Crippen LogP) is 2.82. The van der Waals surface area contributed by atoms with E-state index in [4.69, 9.17) is 0 Å². The van der Waals surface area contributed by atoms with Crippen LogP contribution in [0.5, 0.6) is 0 Å². The van der Waals surface area contributed by atoms with E-state index < -0.39 is 0 Å². The van der Waals surface area contributed by atoms with Gasteiger partial charge in [0.1, 0.15) is 0 Å². The van der Waals surface area contributed by atoms with Gasteiger partial charge in [-0.05, 0) is 30.4 Å². The van der Waals surface area contributed by atoms with Gasteiger partial charge in [0.2, 0.25) is 0 Å².